The van der Waals surface area contributed by atoms with Gasteiger partial charge in [0.1, 0.15) is 11.5 Å². The summed E-state index contributed by atoms with van der Waals surface area (Å²) in [6, 6.07) is 23.8. The van der Waals surface area contributed by atoms with Crippen LogP contribution in [-0.2, 0) is 11.3 Å². The molecule has 0 aromatic heterocycles. The second kappa shape index (κ2) is 10.8. The van der Waals surface area contributed by atoms with Crippen molar-refractivity contribution in [2.45, 2.75) is 19.5 Å². The molecule has 3 rings (SSSR count). The van der Waals surface area contributed by atoms with Gasteiger partial charge in [0.2, 0.25) is 0 Å². The summed E-state index contributed by atoms with van der Waals surface area (Å²) in [5, 5.41) is 5.77. The molecule has 2 amide bonds. The third kappa shape index (κ3) is 6.09. The fourth-order valence-corrected chi connectivity index (χ4v) is 3.18. The van der Waals surface area contributed by atoms with Gasteiger partial charge in [-0.2, -0.15) is 0 Å². The van der Waals surface area contributed by atoms with Crippen LogP contribution in [0.15, 0.2) is 78.9 Å². The van der Waals surface area contributed by atoms with Gasteiger partial charge in [-0.15, -0.1) is 0 Å². The van der Waals surface area contributed by atoms with Crippen molar-refractivity contribution in [3.63, 3.8) is 0 Å². The predicted octanol–water partition coefficient (Wildman–Crippen LogP) is 3.88. The van der Waals surface area contributed by atoms with E-state index in [0.717, 1.165) is 11.1 Å². The first-order valence-electron chi connectivity index (χ1n) is 10.0. The molecule has 1 unspecified atom stereocenters. The number of amides is 2. The van der Waals surface area contributed by atoms with Gasteiger partial charge in [-0.3, -0.25) is 9.59 Å². The van der Waals surface area contributed by atoms with Crippen LogP contribution in [0.25, 0.3) is 0 Å². The molecule has 0 bridgehead atoms. The van der Waals surface area contributed by atoms with Gasteiger partial charge in [0.25, 0.3) is 11.8 Å². The summed E-state index contributed by atoms with van der Waals surface area (Å²) in [6.45, 7) is 2.08. The Morgan fingerprint density at radius 2 is 1.52 bits per heavy atom. The molecule has 3 aromatic rings. The standard InChI is InChI=1S/C25H26N2O4/c1-18(20-12-6-8-14-22(20)30-2)27-24(28)17-31-23-15-9-7-13-21(23)25(29)26-16-19-10-4-3-5-11-19/h3-15,18H,16-17H2,1-2H3,(H,26,29)(H,27,28). The molecule has 0 heterocycles. The second-order valence-electron chi connectivity index (χ2n) is 6.98. The van der Waals surface area contributed by atoms with Crippen LogP contribution in [0.2, 0.25) is 0 Å². The molecule has 6 nitrogen and oxygen atoms in total. The van der Waals surface area contributed by atoms with Crippen molar-refractivity contribution in [3.8, 4) is 11.5 Å². The molecule has 0 spiro atoms. The van der Waals surface area contributed by atoms with E-state index in [1.54, 1.807) is 31.4 Å². The number of benzene rings is 3. The monoisotopic (exact) mass is 418 g/mol. The van der Waals surface area contributed by atoms with Crippen molar-refractivity contribution >= 4 is 11.8 Å². The summed E-state index contributed by atoms with van der Waals surface area (Å²) in [4.78, 5) is 25.0. The highest BCUT2D eigenvalue weighted by Gasteiger charge is 2.16. The molecular weight excluding hydrogens is 392 g/mol. The number of hydrogen-bond donors (Lipinski definition) is 2. The van der Waals surface area contributed by atoms with Crippen LogP contribution in [0, 0.1) is 0 Å². The maximum absolute atomic E-state index is 12.6. The van der Waals surface area contributed by atoms with Crippen molar-refractivity contribution in [3.05, 3.63) is 95.6 Å². The van der Waals surface area contributed by atoms with E-state index in [9.17, 15) is 9.59 Å². The minimum absolute atomic E-state index is 0.206. The molecule has 0 radical (unpaired) electrons. The molecule has 0 aliphatic heterocycles. The zero-order valence-electron chi connectivity index (χ0n) is 17.6. The van der Waals surface area contributed by atoms with Gasteiger partial charge in [-0.25, -0.2) is 0 Å². The molecule has 0 saturated carbocycles. The van der Waals surface area contributed by atoms with Gasteiger partial charge in [-0.1, -0.05) is 60.7 Å². The fraction of sp³-hybridized carbons (Fsp3) is 0.200. The molecular formula is C25H26N2O4. The number of carbonyl (C=O) groups excluding carboxylic acids is 2. The predicted molar refractivity (Wildman–Crippen MR) is 119 cm³/mol. The average molecular weight is 418 g/mol. The molecule has 160 valence electrons. The first-order valence-corrected chi connectivity index (χ1v) is 10.0. The maximum atomic E-state index is 12.6. The van der Waals surface area contributed by atoms with Gasteiger partial charge < -0.3 is 20.1 Å². The van der Waals surface area contributed by atoms with E-state index in [-0.39, 0.29) is 24.5 Å². The zero-order valence-corrected chi connectivity index (χ0v) is 17.6. The number of nitrogens with one attached hydrogen (secondary N) is 2. The second-order valence-corrected chi connectivity index (χ2v) is 6.98. The van der Waals surface area contributed by atoms with Crippen molar-refractivity contribution in [1.82, 2.24) is 10.6 Å². The lowest BCUT2D eigenvalue weighted by Crippen LogP contribution is -2.32. The fourth-order valence-electron chi connectivity index (χ4n) is 3.18. The highest BCUT2D eigenvalue weighted by molar-refractivity contribution is 5.97. The summed E-state index contributed by atoms with van der Waals surface area (Å²) < 4.78 is 11.0. The van der Waals surface area contributed by atoms with E-state index < -0.39 is 0 Å². The third-order valence-corrected chi connectivity index (χ3v) is 4.77. The van der Waals surface area contributed by atoms with Crippen molar-refractivity contribution in [1.29, 1.82) is 0 Å². The topological polar surface area (TPSA) is 76.7 Å². The molecule has 0 aliphatic carbocycles. The van der Waals surface area contributed by atoms with Crippen LogP contribution in [-0.4, -0.2) is 25.5 Å². The minimum Gasteiger partial charge on any atom is -0.496 e. The largest absolute Gasteiger partial charge is 0.496 e. The van der Waals surface area contributed by atoms with E-state index in [2.05, 4.69) is 10.6 Å². The zero-order chi connectivity index (χ0) is 22.1. The van der Waals surface area contributed by atoms with Crippen LogP contribution >= 0.6 is 0 Å². The SMILES string of the molecule is COc1ccccc1C(C)NC(=O)COc1ccccc1C(=O)NCc1ccccc1. The van der Waals surface area contributed by atoms with Gasteiger partial charge in [0, 0.05) is 12.1 Å². The lowest BCUT2D eigenvalue weighted by Gasteiger charge is -2.18. The molecule has 2 N–H and O–H groups in total. The molecule has 0 aliphatic rings. The van der Waals surface area contributed by atoms with E-state index in [0.29, 0.717) is 23.6 Å². The van der Waals surface area contributed by atoms with Crippen LogP contribution in [0.5, 0.6) is 11.5 Å². The quantitative estimate of drug-likeness (QED) is 0.553. The Hall–Kier alpha value is -3.80. The Kier molecular flexibility index (Phi) is 7.65. The Morgan fingerprint density at radius 3 is 2.26 bits per heavy atom. The number of carbonyl (C=O) groups is 2. The van der Waals surface area contributed by atoms with Crippen molar-refractivity contribution in [2.75, 3.05) is 13.7 Å². The van der Waals surface area contributed by atoms with Crippen LogP contribution in [0.4, 0.5) is 0 Å². The Labute approximate surface area is 182 Å². The summed E-state index contributed by atoms with van der Waals surface area (Å²) in [5.41, 5.74) is 2.25. The summed E-state index contributed by atoms with van der Waals surface area (Å²) >= 11 is 0. The van der Waals surface area contributed by atoms with Crippen molar-refractivity contribution < 1.29 is 19.1 Å². The maximum Gasteiger partial charge on any atom is 0.258 e. The number of methoxy groups -OCH3 is 1. The molecule has 1 atom stereocenters. The van der Waals surface area contributed by atoms with Crippen LogP contribution < -0.4 is 20.1 Å². The highest BCUT2D eigenvalue weighted by atomic mass is 16.5. The Bertz CT molecular complexity index is 1020. The Morgan fingerprint density at radius 1 is 0.871 bits per heavy atom. The van der Waals surface area contributed by atoms with Gasteiger partial charge in [-0.05, 0) is 30.7 Å². The Balaban J connectivity index is 1.57. The van der Waals surface area contributed by atoms with E-state index in [4.69, 9.17) is 9.47 Å². The molecule has 0 fully saturated rings. The normalized spacial score (nSPS) is 11.3. The minimum atomic E-state index is -0.294. The smallest absolute Gasteiger partial charge is 0.258 e. The summed E-state index contributed by atoms with van der Waals surface area (Å²) in [5.74, 6) is 0.505. The van der Waals surface area contributed by atoms with Crippen LogP contribution in [0.3, 0.4) is 0 Å². The molecule has 31 heavy (non-hydrogen) atoms. The van der Waals surface area contributed by atoms with E-state index in [1.165, 1.54) is 0 Å². The van der Waals surface area contributed by atoms with Crippen LogP contribution in [0.1, 0.15) is 34.5 Å². The average Bonchev–Trinajstić information content (AvgIpc) is 2.82. The van der Waals surface area contributed by atoms with Crippen molar-refractivity contribution in [2.24, 2.45) is 0 Å². The highest BCUT2D eigenvalue weighted by Crippen LogP contribution is 2.24. The third-order valence-electron chi connectivity index (χ3n) is 4.77. The summed E-state index contributed by atoms with van der Waals surface area (Å²) in [6.07, 6.45) is 0. The number of ether oxygens (including phenoxy) is 2. The van der Waals surface area contributed by atoms with Gasteiger partial charge in [0.05, 0.1) is 18.7 Å². The molecule has 6 heteroatoms. The molecule has 0 saturated heterocycles. The number of rotatable bonds is 9. The first-order chi connectivity index (χ1) is 15.1. The lowest BCUT2D eigenvalue weighted by molar-refractivity contribution is -0.123. The van der Waals surface area contributed by atoms with E-state index in [1.807, 2.05) is 61.5 Å². The number of hydrogen-bond acceptors (Lipinski definition) is 4. The van der Waals surface area contributed by atoms with Gasteiger partial charge in [0.15, 0.2) is 6.61 Å². The van der Waals surface area contributed by atoms with Gasteiger partial charge >= 0.3 is 0 Å². The molecule has 3 aromatic carbocycles. The summed E-state index contributed by atoms with van der Waals surface area (Å²) in [7, 11) is 1.59. The number of para-hydroxylation sites is 2. The first kappa shape index (κ1) is 21.9. The lowest BCUT2D eigenvalue weighted by atomic mass is 10.1. The van der Waals surface area contributed by atoms with E-state index >= 15 is 0 Å².